The van der Waals surface area contributed by atoms with Gasteiger partial charge in [0.25, 0.3) is 0 Å². The highest BCUT2D eigenvalue weighted by Gasteiger charge is 2.09. The first-order valence-corrected chi connectivity index (χ1v) is 5.07. The molecule has 2 aromatic rings. The topological polar surface area (TPSA) is 95.4 Å². The first-order valence-electron chi connectivity index (χ1n) is 5.07. The van der Waals surface area contributed by atoms with Gasteiger partial charge in [-0.15, -0.1) is 5.10 Å². The largest absolute Gasteiger partial charge is 0.330 e. The molecule has 7 heteroatoms. The van der Waals surface area contributed by atoms with Gasteiger partial charge in [-0.05, 0) is 36.4 Å². The summed E-state index contributed by atoms with van der Waals surface area (Å²) in [5, 5.41) is 11.5. The standard InChI is InChI=1S/C9H13N7/c1-7-11-5-3-8(12-7)9-13-14-15-16(9)6-2-4-10/h3,5H,2,4,6,10H2,1H3. The molecule has 0 saturated carbocycles. The predicted molar refractivity (Wildman–Crippen MR) is 57.3 cm³/mol. The van der Waals surface area contributed by atoms with Gasteiger partial charge < -0.3 is 5.73 Å². The Morgan fingerprint density at radius 1 is 1.44 bits per heavy atom. The van der Waals surface area contributed by atoms with Crippen LogP contribution < -0.4 is 5.73 Å². The van der Waals surface area contributed by atoms with Gasteiger partial charge in [-0.1, -0.05) is 0 Å². The third-order valence-corrected chi connectivity index (χ3v) is 2.11. The van der Waals surface area contributed by atoms with E-state index in [4.69, 9.17) is 5.73 Å². The minimum absolute atomic E-state index is 0.613. The average molecular weight is 219 g/mol. The lowest BCUT2D eigenvalue weighted by Gasteiger charge is -2.02. The molecule has 0 aliphatic heterocycles. The number of nitrogens with zero attached hydrogens (tertiary/aromatic N) is 6. The van der Waals surface area contributed by atoms with Gasteiger partial charge in [0, 0.05) is 12.7 Å². The summed E-state index contributed by atoms with van der Waals surface area (Å²) in [6.07, 6.45) is 2.53. The van der Waals surface area contributed by atoms with E-state index in [9.17, 15) is 0 Å². The maximum Gasteiger partial charge on any atom is 0.200 e. The van der Waals surface area contributed by atoms with E-state index in [1.54, 1.807) is 16.9 Å². The second kappa shape index (κ2) is 4.75. The van der Waals surface area contributed by atoms with Crippen LogP contribution in [-0.2, 0) is 6.54 Å². The van der Waals surface area contributed by atoms with Crippen LogP contribution in [0.2, 0.25) is 0 Å². The van der Waals surface area contributed by atoms with Crippen LogP contribution in [0.3, 0.4) is 0 Å². The van der Waals surface area contributed by atoms with Gasteiger partial charge in [0.05, 0.1) is 0 Å². The van der Waals surface area contributed by atoms with Gasteiger partial charge in [-0.3, -0.25) is 0 Å². The van der Waals surface area contributed by atoms with Gasteiger partial charge in [0.2, 0.25) is 5.82 Å². The second-order valence-corrected chi connectivity index (χ2v) is 3.36. The first-order chi connectivity index (χ1) is 7.81. The zero-order valence-corrected chi connectivity index (χ0v) is 9.04. The lowest BCUT2D eigenvalue weighted by Crippen LogP contribution is -2.09. The third-order valence-electron chi connectivity index (χ3n) is 2.11. The lowest BCUT2D eigenvalue weighted by atomic mass is 10.3. The molecule has 2 heterocycles. The molecule has 0 unspecified atom stereocenters. The van der Waals surface area contributed by atoms with Crippen LogP contribution in [0.15, 0.2) is 12.3 Å². The summed E-state index contributed by atoms with van der Waals surface area (Å²) in [7, 11) is 0. The quantitative estimate of drug-likeness (QED) is 0.764. The van der Waals surface area contributed by atoms with Crippen LogP contribution in [0.1, 0.15) is 12.2 Å². The molecule has 0 aromatic carbocycles. The van der Waals surface area contributed by atoms with Crippen molar-refractivity contribution in [2.24, 2.45) is 5.73 Å². The molecule has 2 N–H and O–H groups in total. The number of nitrogens with two attached hydrogens (primary N) is 1. The zero-order chi connectivity index (χ0) is 11.4. The Morgan fingerprint density at radius 2 is 2.31 bits per heavy atom. The molecule has 2 rings (SSSR count). The van der Waals surface area contributed by atoms with Crippen LogP contribution in [0.4, 0.5) is 0 Å². The predicted octanol–water partition coefficient (Wildman–Crippen LogP) is -0.213. The zero-order valence-electron chi connectivity index (χ0n) is 9.04. The molecule has 0 bridgehead atoms. The van der Waals surface area contributed by atoms with E-state index in [0.717, 1.165) is 12.1 Å². The molecule has 0 radical (unpaired) electrons. The monoisotopic (exact) mass is 219 g/mol. The van der Waals surface area contributed by atoms with Crippen molar-refractivity contribution in [1.82, 2.24) is 30.2 Å². The normalized spacial score (nSPS) is 10.6. The number of aromatic nitrogens is 6. The molecular formula is C9H13N7. The van der Waals surface area contributed by atoms with Gasteiger partial charge in [0.1, 0.15) is 11.5 Å². The molecule has 0 fully saturated rings. The van der Waals surface area contributed by atoms with E-state index >= 15 is 0 Å². The maximum atomic E-state index is 5.45. The highest BCUT2D eigenvalue weighted by molar-refractivity contribution is 5.47. The Morgan fingerprint density at radius 3 is 3.06 bits per heavy atom. The average Bonchev–Trinajstić information content (AvgIpc) is 2.74. The molecule has 0 aliphatic carbocycles. The molecule has 84 valence electrons. The Labute approximate surface area is 92.7 Å². The number of hydrogen-bond donors (Lipinski definition) is 1. The van der Waals surface area contributed by atoms with E-state index in [2.05, 4.69) is 25.5 Å². The maximum absolute atomic E-state index is 5.45. The summed E-state index contributed by atoms with van der Waals surface area (Å²) in [6.45, 7) is 3.14. The van der Waals surface area contributed by atoms with E-state index < -0.39 is 0 Å². The van der Waals surface area contributed by atoms with Crippen molar-refractivity contribution in [2.75, 3.05) is 6.54 Å². The molecule has 16 heavy (non-hydrogen) atoms. The van der Waals surface area contributed by atoms with E-state index in [0.29, 0.717) is 24.7 Å². The number of rotatable bonds is 4. The number of tetrazole rings is 1. The lowest BCUT2D eigenvalue weighted by molar-refractivity contribution is 0.568. The van der Waals surface area contributed by atoms with Crippen LogP contribution in [-0.4, -0.2) is 36.7 Å². The van der Waals surface area contributed by atoms with Gasteiger partial charge in [-0.25, -0.2) is 14.6 Å². The van der Waals surface area contributed by atoms with Crippen molar-refractivity contribution in [3.8, 4) is 11.5 Å². The summed E-state index contributed by atoms with van der Waals surface area (Å²) in [6, 6.07) is 1.79. The highest BCUT2D eigenvalue weighted by atomic mass is 15.5. The summed E-state index contributed by atoms with van der Waals surface area (Å²) >= 11 is 0. The third kappa shape index (κ3) is 2.19. The van der Waals surface area contributed by atoms with Crippen LogP contribution in [0, 0.1) is 6.92 Å². The molecule has 0 amide bonds. The van der Waals surface area contributed by atoms with Crippen LogP contribution in [0.5, 0.6) is 0 Å². The SMILES string of the molecule is Cc1nccc(-c2nnnn2CCCN)n1. The van der Waals surface area contributed by atoms with Crippen LogP contribution in [0.25, 0.3) is 11.5 Å². The Hall–Kier alpha value is -1.89. The number of hydrogen-bond acceptors (Lipinski definition) is 6. The minimum atomic E-state index is 0.613. The van der Waals surface area contributed by atoms with Crippen molar-refractivity contribution >= 4 is 0 Å². The molecule has 0 saturated heterocycles. The summed E-state index contributed by atoms with van der Waals surface area (Å²) in [5.41, 5.74) is 6.18. The van der Waals surface area contributed by atoms with Gasteiger partial charge in [-0.2, -0.15) is 0 Å². The summed E-state index contributed by atoms with van der Waals surface area (Å²) in [4.78, 5) is 8.31. The minimum Gasteiger partial charge on any atom is -0.330 e. The van der Waals surface area contributed by atoms with Crippen molar-refractivity contribution in [2.45, 2.75) is 19.9 Å². The highest BCUT2D eigenvalue weighted by Crippen LogP contribution is 2.11. The van der Waals surface area contributed by atoms with Crippen molar-refractivity contribution in [3.05, 3.63) is 18.1 Å². The fourth-order valence-electron chi connectivity index (χ4n) is 1.36. The fourth-order valence-corrected chi connectivity index (χ4v) is 1.36. The van der Waals surface area contributed by atoms with Crippen LogP contribution >= 0.6 is 0 Å². The Kier molecular flexibility index (Phi) is 3.16. The number of aryl methyl sites for hydroxylation is 2. The molecule has 2 aromatic heterocycles. The van der Waals surface area contributed by atoms with E-state index in [-0.39, 0.29) is 0 Å². The van der Waals surface area contributed by atoms with Gasteiger partial charge >= 0.3 is 0 Å². The molecular weight excluding hydrogens is 206 g/mol. The van der Waals surface area contributed by atoms with Crippen molar-refractivity contribution in [3.63, 3.8) is 0 Å². The second-order valence-electron chi connectivity index (χ2n) is 3.36. The molecule has 0 aliphatic rings. The van der Waals surface area contributed by atoms with Crippen molar-refractivity contribution in [1.29, 1.82) is 0 Å². The van der Waals surface area contributed by atoms with E-state index in [1.165, 1.54) is 0 Å². The van der Waals surface area contributed by atoms with Gasteiger partial charge in [0.15, 0.2) is 0 Å². The Bertz CT molecular complexity index is 464. The molecule has 0 atom stereocenters. The molecule has 0 spiro atoms. The first kappa shape index (κ1) is 10.6. The Balaban J connectivity index is 2.29. The fraction of sp³-hybridized carbons (Fsp3) is 0.444. The summed E-state index contributed by atoms with van der Waals surface area (Å²) < 4.78 is 1.70. The van der Waals surface area contributed by atoms with E-state index in [1.807, 2.05) is 6.92 Å². The summed E-state index contributed by atoms with van der Waals surface area (Å²) in [5.74, 6) is 1.35. The molecule has 7 nitrogen and oxygen atoms in total. The van der Waals surface area contributed by atoms with Crippen molar-refractivity contribution < 1.29 is 0 Å². The smallest absolute Gasteiger partial charge is 0.200 e.